The number of benzene rings is 2. The number of carboxylic acid groups (broad SMARTS) is 1. The molecule has 25 heavy (non-hydrogen) atoms. The van der Waals surface area contributed by atoms with E-state index in [4.69, 9.17) is 18.9 Å². The molecular weight excluding hydrogens is 324 g/mol. The van der Waals surface area contributed by atoms with E-state index in [1.807, 2.05) is 0 Å². The van der Waals surface area contributed by atoms with Gasteiger partial charge in [0.1, 0.15) is 11.5 Å². The maximum absolute atomic E-state index is 11.8. The zero-order valence-corrected chi connectivity index (χ0v) is 14.7. The van der Waals surface area contributed by atoms with E-state index in [9.17, 15) is 9.90 Å². The average molecular weight is 346 g/mol. The van der Waals surface area contributed by atoms with E-state index in [2.05, 4.69) is 0 Å². The molecule has 0 bridgehead atoms. The lowest BCUT2D eigenvalue weighted by molar-refractivity contribution is -0.138. The van der Waals surface area contributed by atoms with Crippen molar-refractivity contribution in [3.63, 3.8) is 0 Å². The van der Waals surface area contributed by atoms with Gasteiger partial charge in [-0.15, -0.1) is 0 Å². The Hall–Kier alpha value is -2.89. The van der Waals surface area contributed by atoms with Crippen molar-refractivity contribution in [2.24, 2.45) is 0 Å². The SMILES string of the molecule is COc1cccc(C(Cc2cc(OC)c(OC)cc2OC)C(=O)O)c1. The second kappa shape index (κ2) is 8.28. The molecule has 6 heteroatoms. The first kappa shape index (κ1) is 18.4. The Morgan fingerprint density at radius 1 is 0.920 bits per heavy atom. The highest BCUT2D eigenvalue weighted by Crippen LogP contribution is 2.37. The molecule has 1 atom stereocenters. The fourth-order valence-corrected chi connectivity index (χ4v) is 2.68. The van der Waals surface area contributed by atoms with Gasteiger partial charge >= 0.3 is 5.97 Å². The third-order valence-corrected chi connectivity index (χ3v) is 4.00. The van der Waals surface area contributed by atoms with Gasteiger partial charge in [0.15, 0.2) is 11.5 Å². The molecule has 0 heterocycles. The topological polar surface area (TPSA) is 74.2 Å². The zero-order valence-electron chi connectivity index (χ0n) is 14.7. The molecule has 2 aromatic carbocycles. The van der Waals surface area contributed by atoms with Crippen LogP contribution in [0.2, 0.25) is 0 Å². The van der Waals surface area contributed by atoms with Gasteiger partial charge in [0.2, 0.25) is 0 Å². The second-order valence-electron chi connectivity index (χ2n) is 5.39. The number of carboxylic acids is 1. The first-order valence-corrected chi connectivity index (χ1v) is 7.69. The highest BCUT2D eigenvalue weighted by molar-refractivity contribution is 5.77. The summed E-state index contributed by atoms with van der Waals surface area (Å²) in [6.45, 7) is 0. The summed E-state index contributed by atoms with van der Waals surface area (Å²) in [6.07, 6.45) is 0.242. The molecule has 1 N–H and O–H groups in total. The van der Waals surface area contributed by atoms with E-state index in [1.54, 1.807) is 43.5 Å². The summed E-state index contributed by atoms with van der Waals surface area (Å²) in [5.74, 6) is 0.534. The van der Waals surface area contributed by atoms with E-state index in [-0.39, 0.29) is 6.42 Å². The van der Waals surface area contributed by atoms with Crippen molar-refractivity contribution in [2.75, 3.05) is 28.4 Å². The van der Waals surface area contributed by atoms with Crippen LogP contribution in [0.4, 0.5) is 0 Å². The molecule has 0 spiro atoms. The lowest BCUT2D eigenvalue weighted by Crippen LogP contribution is -2.15. The van der Waals surface area contributed by atoms with Crippen molar-refractivity contribution in [2.45, 2.75) is 12.3 Å². The fourth-order valence-electron chi connectivity index (χ4n) is 2.68. The molecule has 1 unspecified atom stereocenters. The number of methoxy groups -OCH3 is 4. The van der Waals surface area contributed by atoms with Crippen molar-refractivity contribution < 1.29 is 28.8 Å². The normalized spacial score (nSPS) is 11.5. The van der Waals surface area contributed by atoms with Gasteiger partial charge in [-0.05, 0) is 35.7 Å². The number of rotatable bonds is 8. The molecule has 0 amide bonds. The van der Waals surface area contributed by atoms with Crippen LogP contribution >= 0.6 is 0 Å². The molecule has 0 radical (unpaired) electrons. The minimum Gasteiger partial charge on any atom is -0.497 e. The molecule has 0 aliphatic heterocycles. The molecule has 2 rings (SSSR count). The summed E-state index contributed by atoms with van der Waals surface area (Å²) in [4.78, 5) is 11.8. The zero-order chi connectivity index (χ0) is 18.4. The quantitative estimate of drug-likeness (QED) is 0.791. The van der Waals surface area contributed by atoms with Crippen LogP contribution in [0.15, 0.2) is 36.4 Å². The largest absolute Gasteiger partial charge is 0.497 e. The molecule has 0 saturated heterocycles. The van der Waals surface area contributed by atoms with Crippen molar-refractivity contribution in [1.82, 2.24) is 0 Å². The predicted molar refractivity (Wildman–Crippen MR) is 93.2 cm³/mol. The van der Waals surface area contributed by atoms with E-state index in [0.29, 0.717) is 28.6 Å². The van der Waals surface area contributed by atoms with Gasteiger partial charge in [0, 0.05) is 6.07 Å². The van der Waals surface area contributed by atoms with Gasteiger partial charge in [-0.2, -0.15) is 0 Å². The van der Waals surface area contributed by atoms with Crippen LogP contribution in [0.3, 0.4) is 0 Å². The molecule has 0 fully saturated rings. The Morgan fingerprint density at radius 2 is 1.56 bits per heavy atom. The highest BCUT2D eigenvalue weighted by atomic mass is 16.5. The molecule has 0 aliphatic carbocycles. The van der Waals surface area contributed by atoms with Gasteiger partial charge in [0.25, 0.3) is 0 Å². The van der Waals surface area contributed by atoms with Crippen LogP contribution in [0.25, 0.3) is 0 Å². The molecule has 0 saturated carbocycles. The minimum absolute atomic E-state index is 0.242. The standard InChI is InChI=1S/C19H22O6/c1-22-14-7-5-6-12(8-14)15(19(20)21)9-13-10-17(24-3)18(25-4)11-16(13)23-2/h5-8,10-11,15H,9H2,1-4H3,(H,20,21). The monoisotopic (exact) mass is 346 g/mol. The Morgan fingerprint density at radius 3 is 2.12 bits per heavy atom. The maximum Gasteiger partial charge on any atom is 0.311 e. The summed E-state index contributed by atoms with van der Waals surface area (Å²) in [5.41, 5.74) is 1.37. The molecule has 134 valence electrons. The summed E-state index contributed by atoms with van der Waals surface area (Å²) in [5, 5.41) is 9.70. The van der Waals surface area contributed by atoms with Gasteiger partial charge < -0.3 is 24.1 Å². The van der Waals surface area contributed by atoms with Crippen LogP contribution in [0.5, 0.6) is 23.0 Å². The first-order chi connectivity index (χ1) is 12.0. The maximum atomic E-state index is 11.8. The van der Waals surface area contributed by atoms with Gasteiger partial charge in [-0.1, -0.05) is 12.1 Å². The molecular formula is C19H22O6. The third kappa shape index (κ3) is 4.15. The van der Waals surface area contributed by atoms with E-state index in [0.717, 1.165) is 5.56 Å². The molecule has 0 aromatic heterocycles. The van der Waals surface area contributed by atoms with Gasteiger partial charge in [-0.3, -0.25) is 4.79 Å². The first-order valence-electron chi connectivity index (χ1n) is 7.69. The van der Waals surface area contributed by atoms with Crippen LogP contribution in [0.1, 0.15) is 17.0 Å². The lowest BCUT2D eigenvalue weighted by atomic mass is 9.91. The van der Waals surface area contributed by atoms with Crippen molar-refractivity contribution >= 4 is 5.97 Å². The Kier molecular flexibility index (Phi) is 6.11. The van der Waals surface area contributed by atoms with Crippen LogP contribution in [0, 0.1) is 0 Å². The number of hydrogen-bond acceptors (Lipinski definition) is 5. The molecule has 2 aromatic rings. The number of carbonyl (C=O) groups is 1. The van der Waals surface area contributed by atoms with Crippen molar-refractivity contribution in [3.8, 4) is 23.0 Å². The Bertz CT molecular complexity index is 741. The number of ether oxygens (including phenoxy) is 4. The van der Waals surface area contributed by atoms with Gasteiger partial charge in [-0.25, -0.2) is 0 Å². The summed E-state index contributed by atoms with van der Waals surface area (Å²) >= 11 is 0. The minimum atomic E-state index is -0.926. The summed E-state index contributed by atoms with van der Waals surface area (Å²) < 4.78 is 21.2. The van der Waals surface area contributed by atoms with Crippen molar-refractivity contribution in [1.29, 1.82) is 0 Å². The van der Waals surface area contributed by atoms with E-state index in [1.165, 1.54) is 21.3 Å². The Balaban J connectivity index is 2.44. The highest BCUT2D eigenvalue weighted by Gasteiger charge is 2.24. The van der Waals surface area contributed by atoms with Crippen LogP contribution < -0.4 is 18.9 Å². The smallest absolute Gasteiger partial charge is 0.311 e. The predicted octanol–water partition coefficient (Wildman–Crippen LogP) is 3.13. The average Bonchev–Trinajstić information content (AvgIpc) is 2.65. The number of hydrogen-bond donors (Lipinski definition) is 1. The molecule has 0 aliphatic rings. The van der Waals surface area contributed by atoms with Gasteiger partial charge in [0.05, 0.1) is 34.4 Å². The van der Waals surface area contributed by atoms with Crippen LogP contribution in [-0.4, -0.2) is 39.5 Å². The third-order valence-electron chi connectivity index (χ3n) is 4.00. The summed E-state index contributed by atoms with van der Waals surface area (Å²) in [7, 11) is 6.15. The van der Waals surface area contributed by atoms with E-state index < -0.39 is 11.9 Å². The lowest BCUT2D eigenvalue weighted by Gasteiger charge is -2.18. The second-order valence-corrected chi connectivity index (χ2v) is 5.39. The molecule has 6 nitrogen and oxygen atoms in total. The van der Waals surface area contributed by atoms with E-state index >= 15 is 0 Å². The number of aliphatic carboxylic acids is 1. The fraction of sp³-hybridized carbons (Fsp3) is 0.316. The summed E-state index contributed by atoms with van der Waals surface area (Å²) in [6, 6.07) is 10.5. The van der Waals surface area contributed by atoms with Crippen molar-refractivity contribution in [3.05, 3.63) is 47.5 Å². The van der Waals surface area contributed by atoms with Crippen LogP contribution in [-0.2, 0) is 11.2 Å². The Labute approximate surface area is 146 Å².